The number of sulfonamides is 1. The van der Waals surface area contributed by atoms with Crippen molar-refractivity contribution in [2.24, 2.45) is 16.7 Å². The van der Waals surface area contributed by atoms with Crippen molar-refractivity contribution in [1.82, 2.24) is 4.72 Å². The molecule has 0 saturated heterocycles. The highest BCUT2D eigenvalue weighted by atomic mass is 32.2. The van der Waals surface area contributed by atoms with E-state index in [0.717, 1.165) is 12.8 Å². The van der Waals surface area contributed by atoms with Crippen molar-refractivity contribution in [2.45, 2.75) is 51.0 Å². The van der Waals surface area contributed by atoms with Gasteiger partial charge < -0.3 is 4.42 Å². The number of fused-ring (bicyclic) bond motifs is 3. The second-order valence-corrected chi connectivity index (χ2v) is 9.95. The summed E-state index contributed by atoms with van der Waals surface area (Å²) in [7, 11) is -3.63. The molecule has 2 aliphatic carbocycles. The van der Waals surface area contributed by atoms with E-state index < -0.39 is 15.6 Å². The normalized spacial score (nSPS) is 30.8. The lowest BCUT2D eigenvalue weighted by molar-refractivity contribution is 0.130. The molecular formula is C19H23NO4S. The lowest BCUT2D eigenvalue weighted by Crippen LogP contribution is -2.46. The van der Waals surface area contributed by atoms with Crippen molar-refractivity contribution >= 4 is 21.0 Å². The van der Waals surface area contributed by atoms with Crippen LogP contribution in [-0.2, 0) is 10.0 Å². The molecule has 0 radical (unpaired) electrons. The van der Waals surface area contributed by atoms with E-state index in [9.17, 15) is 13.2 Å². The van der Waals surface area contributed by atoms with E-state index in [-0.39, 0.29) is 21.8 Å². The van der Waals surface area contributed by atoms with Gasteiger partial charge in [-0.2, -0.15) is 0 Å². The van der Waals surface area contributed by atoms with E-state index in [2.05, 4.69) is 25.5 Å². The van der Waals surface area contributed by atoms with Gasteiger partial charge in [0.05, 0.1) is 4.90 Å². The van der Waals surface area contributed by atoms with E-state index in [1.807, 2.05) is 0 Å². The summed E-state index contributed by atoms with van der Waals surface area (Å²) in [6, 6.07) is 7.43. The minimum Gasteiger partial charge on any atom is -0.423 e. The van der Waals surface area contributed by atoms with Crippen LogP contribution in [0.5, 0.6) is 0 Å². The van der Waals surface area contributed by atoms with Crippen LogP contribution in [0.4, 0.5) is 0 Å². The number of nitrogens with one attached hydrogen (secondary N) is 1. The fourth-order valence-electron chi connectivity index (χ4n) is 4.85. The quantitative estimate of drug-likeness (QED) is 0.851. The van der Waals surface area contributed by atoms with Crippen LogP contribution >= 0.6 is 0 Å². The number of hydrogen-bond donors (Lipinski definition) is 1. The molecule has 0 amide bonds. The topological polar surface area (TPSA) is 76.4 Å². The molecule has 2 aromatic rings. The van der Waals surface area contributed by atoms with E-state index in [1.165, 1.54) is 24.6 Å². The molecule has 1 N–H and O–H groups in total. The lowest BCUT2D eigenvalue weighted by atomic mass is 9.69. The molecule has 2 fully saturated rings. The molecule has 2 aliphatic rings. The van der Waals surface area contributed by atoms with Gasteiger partial charge in [-0.3, -0.25) is 0 Å². The van der Waals surface area contributed by atoms with E-state index in [4.69, 9.17) is 4.42 Å². The molecule has 0 aliphatic heterocycles. The highest BCUT2D eigenvalue weighted by molar-refractivity contribution is 7.89. The monoisotopic (exact) mass is 361 g/mol. The lowest BCUT2D eigenvalue weighted by Gasteiger charge is -2.39. The Morgan fingerprint density at radius 2 is 1.92 bits per heavy atom. The van der Waals surface area contributed by atoms with Crippen LogP contribution < -0.4 is 10.3 Å². The summed E-state index contributed by atoms with van der Waals surface area (Å²) in [6.45, 7) is 6.73. The van der Waals surface area contributed by atoms with Gasteiger partial charge >= 0.3 is 5.63 Å². The molecule has 3 atom stereocenters. The Labute approximate surface area is 147 Å². The zero-order chi connectivity index (χ0) is 18.0. The average Bonchev–Trinajstić information content (AvgIpc) is 2.87. The van der Waals surface area contributed by atoms with Crippen LogP contribution in [0.15, 0.2) is 44.4 Å². The Kier molecular flexibility index (Phi) is 3.48. The summed E-state index contributed by atoms with van der Waals surface area (Å²) < 4.78 is 33.9. The van der Waals surface area contributed by atoms with Crippen molar-refractivity contribution in [1.29, 1.82) is 0 Å². The highest BCUT2D eigenvalue weighted by Gasteiger charge is 2.61. The van der Waals surface area contributed by atoms with Gasteiger partial charge in [-0.1, -0.05) is 20.8 Å². The number of rotatable bonds is 3. The third-order valence-corrected chi connectivity index (χ3v) is 8.46. The molecule has 6 heteroatoms. The van der Waals surface area contributed by atoms with Gasteiger partial charge in [-0.15, -0.1) is 0 Å². The van der Waals surface area contributed by atoms with Gasteiger partial charge in [0.2, 0.25) is 10.0 Å². The zero-order valence-electron chi connectivity index (χ0n) is 14.7. The third kappa shape index (κ3) is 2.38. The van der Waals surface area contributed by atoms with Crippen molar-refractivity contribution in [3.8, 4) is 0 Å². The standard InChI is InChI=1S/C19H23NO4S/c1-18(2)13-8-9-19(18,3)16(11-13)20-25(22,23)14-5-6-15-12(10-14)4-7-17(21)24-15/h4-7,10,13,16,20H,8-9,11H2,1-3H3. The maximum Gasteiger partial charge on any atom is 0.336 e. The van der Waals surface area contributed by atoms with E-state index in [0.29, 0.717) is 16.9 Å². The first-order valence-corrected chi connectivity index (χ1v) is 10.2. The Morgan fingerprint density at radius 3 is 2.56 bits per heavy atom. The predicted octanol–water partition coefficient (Wildman–Crippen LogP) is 3.29. The SMILES string of the molecule is CC1(C)C2CCC1(C)C(NS(=O)(=O)c1ccc3oc(=O)ccc3c1)C2. The summed E-state index contributed by atoms with van der Waals surface area (Å²) in [5.41, 5.74) is 0.0688. The van der Waals surface area contributed by atoms with Crippen LogP contribution in [0.1, 0.15) is 40.0 Å². The smallest absolute Gasteiger partial charge is 0.336 e. The van der Waals surface area contributed by atoms with Crippen LogP contribution in [-0.4, -0.2) is 14.5 Å². The first-order valence-electron chi connectivity index (χ1n) is 8.70. The second-order valence-electron chi connectivity index (χ2n) is 8.24. The first kappa shape index (κ1) is 16.8. The molecule has 134 valence electrons. The summed E-state index contributed by atoms with van der Waals surface area (Å²) in [4.78, 5) is 11.5. The fraction of sp³-hybridized carbons (Fsp3) is 0.526. The first-order chi connectivity index (χ1) is 11.6. The van der Waals surface area contributed by atoms with Crippen molar-refractivity contribution < 1.29 is 12.8 Å². The molecular weight excluding hydrogens is 338 g/mol. The summed E-state index contributed by atoms with van der Waals surface area (Å²) in [5.74, 6) is 0.566. The predicted molar refractivity (Wildman–Crippen MR) is 95.8 cm³/mol. The van der Waals surface area contributed by atoms with Crippen molar-refractivity contribution in [3.05, 3.63) is 40.8 Å². The van der Waals surface area contributed by atoms with Gasteiger partial charge in [0.15, 0.2) is 0 Å². The number of hydrogen-bond acceptors (Lipinski definition) is 4. The van der Waals surface area contributed by atoms with Crippen LogP contribution in [0.3, 0.4) is 0 Å². The van der Waals surface area contributed by atoms with Crippen molar-refractivity contribution in [2.75, 3.05) is 0 Å². The summed E-state index contributed by atoms with van der Waals surface area (Å²) >= 11 is 0. The molecule has 25 heavy (non-hydrogen) atoms. The molecule has 1 aromatic carbocycles. The Bertz CT molecular complexity index is 1010. The van der Waals surface area contributed by atoms with Crippen molar-refractivity contribution in [3.63, 3.8) is 0 Å². The zero-order valence-corrected chi connectivity index (χ0v) is 15.5. The summed E-state index contributed by atoms with van der Waals surface area (Å²) in [6.07, 6.45) is 3.13. The Balaban J connectivity index is 1.67. The molecule has 1 aromatic heterocycles. The van der Waals surface area contributed by atoms with Gasteiger partial charge in [0, 0.05) is 17.5 Å². The Hall–Kier alpha value is -1.66. The van der Waals surface area contributed by atoms with Crippen LogP contribution in [0.25, 0.3) is 11.0 Å². The molecule has 0 spiro atoms. The molecule has 1 heterocycles. The van der Waals surface area contributed by atoms with Gasteiger partial charge in [-0.25, -0.2) is 17.9 Å². The highest BCUT2D eigenvalue weighted by Crippen LogP contribution is 2.65. The molecule has 2 saturated carbocycles. The fourth-order valence-corrected chi connectivity index (χ4v) is 6.25. The minimum absolute atomic E-state index is 0.0195. The van der Waals surface area contributed by atoms with Gasteiger partial charge in [0.25, 0.3) is 0 Å². The van der Waals surface area contributed by atoms with E-state index >= 15 is 0 Å². The molecule has 2 bridgehead atoms. The van der Waals surface area contributed by atoms with E-state index in [1.54, 1.807) is 12.1 Å². The largest absolute Gasteiger partial charge is 0.423 e. The second kappa shape index (κ2) is 5.17. The van der Waals surface area contributed by atoms with Gasteiger partial charge in [-0.05, 0) is 60.3 Å². The maximum absolute atomic E-state index is 12.9. The van der Waals surface area contributed by atoms with Crippen LogP contribution in [0.2, 0.25) is 0 Å². The third-order valence-electron chi connectivity index (χ3n) is 6.99. The summed E-state index contributed by atoms with van der Waals surface area (Å²) in [5, 5.41) is 0.599. The number of benzene rings is 1. The average molecular weight is 361 g/mol. The molecule has 4 rings (SSSR count). The molecule has 5 nitrogen and oxygen atoms in total. The molecule has 3 unspecified atom stereocenters. The van der Waals surface area contributed by atoms with Gasteiger partial charge in [0.1, 0.15) is 5.58 Å². The minimum atomic E-state index is -3.63. The van der Waals surface area contributed by atoms with Crippen LogP contribution in [0, 0.1) is 16.7 Å². The Morgan fingerprint density at radius 1 is 1.16 bits per heavy atom. The maximum atomic E-state index is 12.9.